The number of amides is 1. The number of nitrogens with one attached hydrogen (secondary N) is 1. The number of pyridine rings is 2. The molecule has 158 valence electrons. The summed E-state index contributed by atoms with van der Waals surface area (Å²) in [6.45, 7) is 7.62. The van der Waals surface area contributed by atoms with Crippen LogP contribution in [0.1, 0.15) is 25.1 Å². The molecule has 1 aromatic carbocycles. The minimum absolute atomic E-state index is 0.000296. The number of rotatable bonds is 5. The molecule has 4 rings (SSSR count). The Kier molecular flexibility index (Phi) is 5.37. The second kappa shape index (κ2) is 8.14. The Morgan fingerprint density at radius 3 is 2.55 bits per heavy atom. The van der Waals surface area contributed by atoms with Gasteiger partial charge in [0.15, 0.2) is 0 Å². The van der Waals surface area contributed by atoms with E-state index in [2.05, 4.69) is 20.4 Å². The molecule has 4 aromatic rings. The maximum Gasteiger partial charge on any atom is 0.263 e. The zero-order valence-electron chi connectivity index (χ0n) is 17.8. The largest absolute Gasteiger partial charge is 0.352 e. The zero-order valence-corrected chi connectivity index (χ0v) is 17.8. The molecule has 0 fully saturated rings. The highest BCUT2D eigenvalue weighted by molar-refractivity contribution is 5.83. The summed E-state index contributed by atoms with van der Waals surface area (Å²) < 4.78 is 7.06. The van der Waals surface area contributed by atoms with Crippen LogP contribution in [0.2, 0.25) is 0 Å². The number of carbonyl (C=O) groups is 1. The molecule has 0 saturated heterocycles. The van der Waals surface area contributed by atoms with Crippen LogP contribution in [-0.2, 0) is 11.3 Å². The van der Waals surface area contributed by atoms with E-state index in [1.807, 2.05) is 52.0 Å². The molecule has 0 unspecified atom stereocenters. The number of hydrogen-bond acceptors (Lipinski definition) is 6. The lowest BCUT2D eigenvalue weighted by Crippen LogP contribution is -2.33. The minimum atomic E-state index is -0.276. The number of carbonyl (C=O) groups excluding carboxylic acids is 1. The van der Waals surface area contributed by atoms with Crippen LogP contribution in [0.5, 0.6) is 0 Å². The molecule has 0 saturated carbocycles. The minimum Gasteiger partial charge on any atom is -0.352 e. The van der Waals surface area contributed by atoms with Crippen molar-refractivity contribution >= 4 is 16.9 Å². The van der Waals surface area contributed by atoms with Gasteiger partial charge in [-0.05, 0) is 39.8 Å². The third kappa shape index (κ3) is 4.23. The summed E-state index contributed by atoms with van der Waals surface area (Å²) in [4.78, 5) is 34.5. The van der Waals surface area contributed by atoms with Crippen LogP contribution < -0.4 is 10.7 Å². The van der Waals surface area contributed by atoms with Gasteiger partial charge in [0.25, 0.3) is 5.89 Å². The van der Waals surface area contributed by atoms with E-state index in [1.54, 1.807) is 22.9 Å². The van der Waals surface area contributed by atoms with Gasteiger partial charge in [-0.1, -0.05) is 35.0 Å². The normalized spacial score (nSPS) is 11.3. The number of aromatic nitrogens is 4. The second-order valence-electron chi connectivity index (χ2n) is 7.83. The molecule has 3 aromatic heterocycles. The quantitative estimate of drug-likeness (QED) is 0.535. The van der Waals surface area contributed by atoms with Gasteiger partial charge in [0.1, 0.15) is 17.8 Å². The maximum absolute atomic E-state index is 13.2. The van der Waals surface area contributed by atoms with Crippen molar-refractivity contribution in [2.24, 2.45) is 0 Å². The number of nitrogens with zero attached hydrogens (tertiary/aromatic N) is 4. The lowest BCUT2D eigenvalue weighted by atomic mass is 10.1. The monoisotopic (exact) mass is 417 g/mol. The molecule has 0 aliphatic heterocycles. The Labute approximate surface area is 178 Å². The van der Waals surface area contributed by atoms with Gasteiger partial charge in [-0.2, -0.15) is 4.98 Å². The summed E-state index contributed by atoms with van der Waals surface area (Å²) in [6.07, 6.45) is 1.56. The van der Waals surface area contributed by atoms with Gasteiger partial charge in [0.05, 0.1) is 5.39 Å². The molecular weight excluding hydrogens is 394 g/mol. The average molecular weight is 417 g/mol. The molecule has 31 heavy (non-hydrogen) atoms. The van der Waals surface area contributed by atoms with Gasteiger partial charge in [-0.3, -0.25) is 9.59 Å². The second-order valence-corrected chi connectivity index (χ2v) is 7.83. The van der Waals surface area contributed by atoms with E-state index in [9.17, 15) is 9.59 Å². The van der Waals surface area contributed by atoms with Crippen molar-refractivity contribution in [2.75, 3.05) is 0 Å². The summed E-state index contributed by atoms with van der Waals surface area (Å²) in [5.74, 6) is 0.307. The van der Waals surface area contributed by atoms with Crippen LogP contribution >= 0.6 is 0 Å². The van der Waals surface area contributed by atoms with Gasteiger partial charge >= 0.3 is 0 Å². The smallest absolute Gasteiger partial charge is 0.263 e. The van der Waals surface area contributed by atoms with Gasteiger partial charge in [0.2, 0.25) is 17.2 Å². The Balaban J connectivity index is 1.82. The lowest BCUT2D eigenvalue weighted by molar-refractivity contribution is -0.122. The predicted octanol–water partition coefficient (Wildman–Crippen LogP) is 3.25. The van der Waals surface area contributed by atoms with Gasteiger partial charge in [-0.25, -0.2) is 4.98 Å². The van der Waals surface area contributed by atoms with Crippen molar-refractivity contribution in [1.82, 2.24) is 25.0 Å². The number of hydrogen-bond donors (Lipinski definition) is 1. The molecule has 3 heterocycles. The molecule has 0 aliphatic carbocycles. The molecule has 0 spiro atoms. The third-order valence-electron chi connectivity index (χ3n) is 4.79. The molecule has 0 aliphatic rings. The van der Waals surface area contributed by atoms with Crippen LogP contribution in [-0.4, -0.2) is 31.6 Å². The van der Waals surface area contributed by atoms with Crippen LogP contribution in [0, 0.1) is 13.8 Å². The first-order valence-electron chi connectivity index (χ1n) is 10.0. The SMILES string of the molecule is Cc1ccc(-c2noc(-c3cn(CC(=O)NC(C)C)c4nc(C)ccc4c3=O)n2)cc1. The van der Waals surface area contributed by atoms with Crippen molar-refractivity contribution in [3.05, 3.63) is 64.1 Å². The molecule has 0 radical (unpaired) electrons. The summed E-state index contributed by atoms with van der Waals surface area (Å²) in [5.41, 5.74) is 3.04. The van der Waals surface area contributed by atoms with E-state index in [0.717, 1.165) is 16.8 Å². The molecule has 1 N–H and O–H groups in total. The molecule has 0 bridgehead atoms. The van der Waals surface area contributed by atoms with E-state index >= 15 is 0 Å². The first-order chi connectivity index (χ1) is 14.8. The van der Waals surface area contributed by atoms with Crippen LogP contribution in [0.4, 0.5) is 0 Å². The van der Waals surface area contributed by atoms with Crippen molar-refractivity contribution < 1.29 is 9.32 Å². The number of fused-ring (bicyclic) bond motifs is 1. The Morgan fingerprint density at radius 1 is 1.10 bits per heavy atom. The van der Waals surface area contributed by atoms with E-state index in [0.29, 0.717) is 16.9 Å². The standard InChI is InChI=1S/C23H23N5O3/c1-13(2)24-19(29)12-28-11-18(20(30)17-10-7-15(4)25-22(17)28)23-26-21(27-31-23)16-8-5-14(3)6-9-16/h5-11,13H,12H2,1-4H3,(H,24,29). The van der Waals surface area contributed by atoms with E-state index in [4.69, 9.17) is 4.52 Å². The van der Waals surface area contributed by atoms with Crippen molar-refractivity contribution in [2.45, 2.75) is 40.3 Å². The van der Waals surface area contributed by atoms with Crippen molar-refractivity contribution in [3.8, 4) is 22.8 Å². The first kappa shape index (κ1) is 20.5. The van der Waals surface area contributed by atoms with Gasteiger partial charge < -0.3 is 14.4 Å². The maximum atomic E-state index is 13.2. The number of benzene rings is 1. The lowest BCUT2D eigenvalue weighted by Gasteiger charge is -2.13. The molecular formula is C23H23N5O3. The van der Waals surface area contributed by atoms with Crippen LogP contribution in [0.15, 0.2) is 51.9 Å². The first-order valence-corrected chi connectivity index (χ1v) is 10.0. The highest BCUT2D eigenvalue weighted by atomic mass is 16.5. The summed E-state index contributed by atoms with van der Waals surface area (Å²) in [7, 11) is 0. The average Bonchev–Trinajstić information content (AvgIpc) is 3.20. The fraction of sp³-hybridized carbons (Fsp3) is 0.261. The summed E-state index contributed by atoms with van der Waals surface area (Å²) in [6, 6.07) is 11.2. The topological polar surface area (TPSA) is 103 Å². The zero-order chi connectivity index (χ0) is 22.1. The fourth-order valence-corrected chi connectivity index (χ4v) is 3.31. The fourth-order valence-electron chi connectivity index (χ4n) is 3.31. The molecule has 1 amide bonds. The van der Waals surface area contributed by atoms with E-state index in [1.165, 1.54) is 0 Å². The van der Waals surface area contributed by atoms with Crippen LogP contribution in [0.3, 0.4) is 0 Å². The number of aryl methyl sites for hydroxylation is 2. The Hall–Kier alpha value is -3.81. The highest BCUT2D eigenvalue weighted by Gasteiger charge is 2.19. The van der Waals surface area contributed by atoms with Gasteiger partial charge in [0, 0.05) is 23.5 Å². The molecule has 0 atom stereocenters. The van der Waals surface area contributed by atoms with Crippen LogP contribution in [0.25, 0.3) is 33.9 Å². The summed E-state index contributed by atoms with van der Waals surface area (Å²) in [5, 5.41) is 7.27. The van der Waals surface area contributed by atoms with Gasteiger partial charge in [-0.15, -0.1) is 0 Å². The Bertz CT molecular complexity index is 1320. The molecule has 8 nitrogen and oxygen atoms in total. The van der Waals surface area contributed by atoms with E-state index < -0.39 is 0 Å². The van der Waals surface area contributed by atoms with Crippen molar-refractivity contribution in [3.63, 3.8) is 0 Å². The third-order valence-corrected chi connectivity index (χ3v) is 4.79. The highest BCUT2D eigenvalue weighted by Crippen LogP contribution is 2.22. The van der Waals surface area contributed by atoms with E-state index in [-0.39, 0.29) is 35.4 Å². The predicted molar refractivity (Wildman–Crippen MR) is 117 cm³/mol. The van der Waals surface area contributed by atoms with Crippen molar-refractivity contribution in [1.29, 1.82) is 0 Å². The Morgan fingerprint density at radius 2 is 1.84 bits per heavy atom. The summed E-state index contributed by atoms with van der Waals surface area (Å²) >= 11 is 0. The molecule has 8 heteroatoms.